The summed E-state index contributed by atoms with van der Waals surface area (Å²) in [6.07, 6.45) is 0.870. The molecule has 0 fully saturated rings. The van der Waals surface area contributed by atoms with Gasteiger partial charge in [-0.3, -0.25) is 10.1 Å². The highest BCUT2D eigenvalue weighted by Gasteiger charge is 2.16. The summed E-state index contributed by atoms with van der Waals surface area (Å²) in [4.78, 5) is 10.4. The maximum absolute atomic E-state index is 10.9. The van der Waals surface area contributed by atoms with Crippen LogP contribution in [0.4, 0.5) is 5.69 Å². The molecule has 8 nitrogen and oxygen atoms in total. The lowest BCUT2D eigenvalue weighted by Crippen LogP contribution is -2.09. The molecule has 106 valence electrons. The molecule has 20 heavy (non-hydrogen) atoms. The number of nitrogens with zero attached hydrogens (tertiary/aromatic N) is 5. The first-order valence-corrected chi connectivity index (χ1v) is 6.31. The highest BCUT2D eigenvalue weighted by molar-refractivity contribution is 6.30. The Kier molecular flexibility index (Phi) is 4.46. The van der Waals surface area contributed by atoms with Crippen LogP contribution in [0.5, 0.6) is 5.75 Å². The molecular weight excluding hydrogens is 286 g/mol. The van der Waals surface area contributed by atoms with Crippen LogP contribution < -0.4 is 4.74 Å². The van der Waals surface area contributed by atoms with Gasteiger partial charge >= 0.3 is 5.69 Å². The van der Waals surface area contributed by atoms with Crippen molar-refractivity contribution >= 4 is 17.3 Å². The van der Waals surface area contributed by atoms with Crippen LogP contribution in [0.3, 0.4) is 0 Å². The van der Waals surface area contributed by atoms with Crippen LogP contribution in [0.15, 0.2) is 18.2 Å². The Morgan fingerprint density at radius 1 is 1.50 bits per heavy atom. The average Bonchev–Trinajstić information content (AvgIpc) is 2.84. The molecule has 1 aromatic heterocycles. The van der Waals surface area contributed by atoms with Gasteiger partial charge in [-0.2, -0.15) is 0 Å². The van der Waals surface area contributed by atoms with E-state index in [1.165, 1.54) is 18.2 Å². The van der Waals surface area contributed by atoms with E-state index in [2.05, 4.69) is 15.5 Å². The van der Waals surface area contributed by atoms with Gasteiger partial charge in [0.25, 0.3) is 0 Å². The summed E-state index contributed by atoms with van der Waals surface area (Å²) in [6.45, 7) is 2.69. The highest BCUT2D eigenvalue weighted by Crippen LogP contribution is 2.30. The topological polar surface area (TPSA) is 96.0 Å². The summed E-state index contributed by atoms with van der Waals surface area (Å²) in [5.41, 5.74) is -0.149. The van der Waals surface area contributed by atoms with Crippen LogP contribution in [-0.2, 0) is 13.2 Å². The van der Waals surface area contributed by atoms with Gasteiger partial charge in [-0.15, -0.1) is 5.10 Å². The van der Waals surface area contributed by atoms with Crippen molar-refractivity contribution in [1.82, 2.24) is 20.2 Å². The van der Waals surface area contributed by atoms with Crippen LogP contribution in [0.2, 0.25) is 5.02 Å². The van der Waals surface area contributed by atoms with Gasteiger partial charge < -0.3 is 4.74 Å². The number of hydrogen-bond donors (Lipinski definition) is 0. The number of nitro benzene ring substituents is 1. The summed E-state index contributed by atoms with van der Waals surface area (Å²) in [5, 5.41) is 22.4. The van der Waals surface area contributed by atoms with Crippen molar-refractivity contribution in [3.05, 3.63) is 39.2 Å². The van der Waals surface area contributed by atoms with E-state index >= 15 is 0 Å². The second-order valence-electron chi connectivity index (χ2n) is 3.98. The lowest BCUT2D eigenvalue weighted by molar-refractivity contribution is -0.386. The van der Waals surface area contributed by atoms with Crippen molar-refractivity contribution in [3.8, 4) is 5.75 Å². The average molecular weight is 298 g/mol. The predicted molar refractivity (Wildman–Crippen MR) is 70.5 cm³/mol. The molecule has 2 rings (SSSR count). The molecular formula is C11H12ClN5O3. The third kappa shape index (κ3) is 3.21. The standard InChI is InChI=1S/C11H12ClN5O3/c1-2-5-16-11(13-14-15-16)7-20-10-6-8(12)3-4-9(10)17(18)19/h3-4,6H,2,5,7H2,1H3. The number of hydrogen-bond acceptors (Lipinski definition) is 6. The number of aryl methyl sites for hydroxylation is 1. The van der Waals surface area contributed by atoms with E-state index in [-0.39, 0.29) is 18.0 Å². The van der Waals surface area contributed by atoms with E-state index in [9.17, 15) is 10.1 Å². The van der Waals surface area contributed by atoms with Gasteiger partial charge in [0.05, 0.1) is 4.92 Å². The molecule has 0 radical (unpaired) electrons. The van der Waals surface area contributed by atoms with Crippen molar-refractivity contribution in [2.75, 3.05) is 0 Å². The third-order valence-electron chi connectivity index (χ3n) is 2.52. The largest absolute Gasteiger partial charge is 0.478 e. The number of rotatable bonds is 6. The van der Waals surface area contributed by atoms with Gasteiger partial charge in [-0.1, -0.05) is 18.5 Å². The molecule has 0 spiro atoms. The van der Waals surface area contributed by atoms with Crippen LogP contribution in [0, 0.1) is 10.1 Å². The molecule has 0 saturated carbocycles. The highest BCUT2D eigenvalue weighted by atomic mass is 35.5. The lowest BCUT2D eigenvalue weighted by atomic mass is 10.3. The maximum atomic E-state index is 10.9. The molecule has 0 bridgehead atoms. The van der Waals surface area contributed by atoms with Crippen molar-refractivity contribution in [2.24, 2.45) is 0 Å². The number of ether oxygens (including phenoxy) is 1. The van der Waals surface area contributed by atoms with E-state index in [0.717, 1.165) is 6.42 Å². The molecule has 0 aliphatic heterocycles. The molecule has 9 heteroatoms. The molecule has 0 N–H and O–H groups in total. The Morgan fingerprint density at radius 3 is 3.00 bits per heavy atom. The second kappa shape index (κ2) is 6.29. The summed E-state index contributed by atoms with van der Waals surface area (Å²) in [6, 6.07) is 4.13. The number of nitro groups is 1. The number of tetrazole rings is 1. The van der Waals surface area contributed by atoms with Gasteiger partial charge in [0.2, 0.25) is 0 Å². The van der Waals surface area contributed by atoms with Gasteiger partial charge in [0.1, 0.15) is 6.61 Å². The van der Waals surface area contributed by atoms with E-state index in [1.54, 1.807) is 4.68 Å². The zero-order chi connectivity index (χ0) is 14.5. The fourth-order valence-electron chi connectivity index (χ4n) is 1.61. The second-order valence-corrected chi connectivity index (χ2v) is 4.41. The molecule has 1 heterocycles. The van der Waals surface area contributed by atoms with Crippen LogP contribution in [0.1, 0.15) is 19.2 Å². The minimum atomic E-state index is -0.527. The van der Waals surface area contributed by atoms with Gasteiger partial charge in [-0.05, 0) is 22.9 Å². The molecule has 1 aromatic carbocycles. The van der Waals surface area contributed by atoms with Crippen molar-refractivity contribution in [2.45, 2.75) is 26.5 Å². The summed E-state index contributed by atoms with van der Waals surface area (Å²) in [7, 11) is 0. The molecule has 2 aromatic rings. The first kappa shape index (κ1) is 14.2. The van der Waals surface area contributed by atoms with E-state index in [0.29, 0.717) is 17.4 Å². The maximum Gasteiger partial charge on any atom is 0.311 e. The minimum absolute atomic E-state index is 0.0359. The number of benzene rings is 1. The summed E-state index contributed by atoms with van der Waals surface area (Å²) >= 11 is 5.82. The minimum Gasteiger partial charge on any atom is -0.478 e. The predicted octanol–water partition coefficient (Wildman–Crippen LogP) is 2.22. The van der Waals surface area contributed by atoms with Crippen LogP contribution in [0.25, 0.3) is 0 Å². The monoisotopic (exact) mass is 297 g/mol. The Labute approximate surface area is 119 Å². The van der Waals surface area contributed by atoms with Gasteiger partial charge in [0, 0.05) is 23.7 Å². The zero-order valence-electron chi connectivity index (χ0n) is 10.7. The SMILES string of the molecule is CCCn1nnnc1COc1cc(Cl)ccc1[N+](=O)[O-]. The first-order chi connectivity index (χ1) is 9.61. The van der Waals surface area contributed by atoms with Crippen molar-refractivity contribution < 1.29 is 9.66 Å². The molecule has 0 unspecified atom stereocenters. The Bertz CT molecular complexity index is 616. The van der Waals surface area contributed by atoms with E-state index < -0.39 is 4.92 Å². The molecule has 0 saturated heterocycles. The van der Waals surface area contributed by atoms with Crippen LogP contribution >= 0.6 is 11.6 Å². The third-order valence-corrected chi connectivity index (χ3v) is 2.75. The van der Waals surface area contributed by atoms with Crippen LogP contribution in [-0.4, -0.2) is 25.1 Å². The van der Waals surface area contributed by atoms with Gasteiger partial charge in [0.15, 0.2) is 11.6 Å². The Balaban J connectivity index is 2.16. The molecule has 0 amide bonds. The fraction of sp³-hybridized carbons (Fsp3) is 0.364. The molecule has 0 aliphatic carbocycles. The van der Waals surface area contributed by atoms with E-state index in [1.807, 2.05) is 6.92 Å². The zero-order valence-corrected chi connectivity index (χ0v) is 11.4. The van der Waals surface area contributed by atoms with Crippen molar-refractivity contribution in [3.63, 3.8) is 0 Å². The quantitative estimate of drug-likeness (QED) is 0.599. The lowest BCUT2D eigenvalue weighted by Gasteiger charge is -2.07. The Hall–Kier alpha value is -2.22. The normalized spacial score (nSPS) is 10.5. The number of aromatic nitrogens is 4. The first-order valence-electron chi connectivity index (χ1n) is 5.93. The molecule has 0 aliphatic rings. The smallest absolute Gasteiger partial charge is 0.311 e. The summed E-state index contributed by atoms with van der Waals surface area (Å²) in [5.74, 6) is 0.592. The van der Waals surface area contributed by atoms with Gasteiger partial charge in [-0.25, -0.2) is 4.68 Å². The number of halogens is 1. The van der Waals surface area contributed by atoms with Crippen molar-refractivity contribution in [1.29, 1.82) is 0 Å². The fourth-order valence-corrected chi connectivity index (χ4v) is 1.77. The summed E-state index contributed by atoms with van der Waals surface area (Å²) < 4.78 is 7.01. The molecule has 0 atom stereocenters. The van der Waals surface area contributed by atoms with E-state index in [4.69, 9.17) is 16.3 Å². The Morgan fingerprint density at radius 2 is 2.30 bits per heavy atom.